The molecule has 0 aromatic carbocycles. The molecule has 0 aliphatic heterocycles. The summed E-state index contributed by atoms with van der Waals surface area (Å²) < 4.78 is 4.61. The van der Waals surface area contributed by atoms with Crippen LogP contribution < -0.4 is 0 Å². The van der Waals surface area contributed by atoms with Gasteiger partial charge in [-0.3, -0.25) is 4.79 Å². The first-order valence-corrected chi connectivity index (χ1v) is 5.31. The highest BCUT2D eigenvalue weighted by atomic mass is 79.9. The van der Waals surface area contributed by atoms with Crippen LogP contribution in [-0.4, -0.2) is 22.2 Å². The fraction of sp³-hybridized carbons (Fsp3) is 0.500. The summed E-state index contributed by atoms with van der Waals surface area (Å²) in [6, 6.07) is 0. The van der Waals surface area contributed by atoms with Gasteiger partial charge >= 0.3 is 5.97 Å². The number of halogens is 1. The Morgan fingerprint density at radius 2 is 2.36 bits per heavy atom. The van der Waals surface area contributed by atoms with Crippen molar-refractivity contribution in [2.45, 2.75) is 17.9 Å². The van der Waals surface area contributed by atoms with E-state index >= 15 is 0 Å². The lowest BCUT2D eigenvalue weighted by molar-refractivity contribution is -0.144. The van der Waals surface area contributed by atoms with Gasteiger partial charge in [-0.05, 0) is 28.4 Å². The lowest BCUT2D eigenvalue weighted by Gasteiger charge is -2.30. The van der Waals surface area contributed by atoms with Crippen molar-refractivity contribution in [3.63, 3.8) is 0 Å². The van der Waals surface area contributed by atoms with Crippen LogP contribution in [0.1, 0.15) is 13.3 Å². The third kappa shape index (κ3) is 2.45. The second-order valence-electron chi connectivity index (χ2n) is 3.11. The number of aliphatic carboxylic acids is 1. The number of alkyl halides is 1. The van der Waals surface area contributed by atoms with Gasteiger partial charge in [0.1, 0.15) is 5.92 Å². The number of hydrogen-bond acceptors (Lipinski definition) is 2. The minimum atomic E-state index is -0.890. The molecule has 1 rings (SSSR count). The van der Waals surface area contributed by atoms with Crippen LogP contribution in [0.25, 0.3) is 0 Å². The summed E-state index contributed by atoms with van der Waals surface area (Å²) in [5, 5.41) is 8.98. The van der Waals surface area contributed by atoms with Crippen LogP contribution in [0.5, 0.6) is 0 Å². The first-order chi connectivity index (χ1) is 6.60. The molecule has 2 unspecified atom stereocenters. The Labute approximate surface area is 91.6 Å². The van der Waals surface area contributed by atoms with Crippen molar-refractivity contribution in [2.75, 3.05) is 6.61 Å². The first kappa shape index (κ1) is 11.5. The third-order valence-corrected chi connectivity index (χ3v) is 2.94. The fourth-order valence-corrected chi connectivity index (χ4v) is 1.91. The Bertz CT molecular complexity index is 273. The normalized spacial score (nSPS) is 30.6. The van der Waals surface area contributed by atoms with Crippen LogP contribution in [0.3, 0.4) is 0 Å². The minimum Gasteiger partial charge on any atom is -0.481 e. The van der Waals surface area contributed by atoms with Gasteiger partial charge in [-0.1, -0.05) is 25.2 Å². The lowest BCUT2D eigenvalue weighted by Crippen LogP contribution is -2.38. The Morgan fingerprint density at radius 3 is 2.93 bits per heavy atom. The highest BCUT2D eigenvalue weighted by Crippen LogP contribution is 2.35. The molecule has 0 radical (unpaired) electrons. The van der Waals surface area contributed by atoms with E-state index in [2.05, 4.69) is 15.9 Å². The molecular formula is C10H13BrO3. The maximum absolute atomic E-state index is 10.9. The van der Waals surface area contributed by atoms with Crippen molar-refractivity contribution < 1.29 is 14.6 Å². The van der Waals surface area contributed by atoms with Crippen molar-refractivity contribution in [2.24, 2.45) is 5.92 Å². The molecule has 0 heterocycles. The maximum Gasteiger partial charge on any atom is 0.314 e. The highest BCUT2D eigenvalue weighted by Gasteiger charge is 2.39. The molecule has 1 N–H and O–H groups in total. The van der Waals surface area contributed by atoms with Gasteiger partial charge in [-0.25, -0.2) is 0 Å². The first-order valence-electron chi connectivity index (χ1n) is 4.52. The minimum absolute atomic E-state index is 0.535. The molecule has 0 bridgehead atoms. The van der Waals surface area contributed by atoms with Gasteiger partial charge in [-0.15, -0.1) is 0 Å². The van der Waals surface area contributed by atoms with E-state index in [1.165, 1.54) is 0 Å². The molecule has 0 fully saturated rings. The summed E-state index contributed by atoms with van der Waals surface area (Å²) >= 11 is 3.32. The Kier molecular flexibility index (Phi) is 3.89. The molecule has 0 saturated heterocycles. The summed E-state index contributed by atoms with van der Waals surface area (Å²) in [7, 11) is 0. The number of rotatable bonds is 4. The van der Waals surface area contributed by atoms with E-state index in [0.717, 1.165) is 6.42 Å². The summed E-state index contributed by atoms with van der Waals surface area (Å²) in [4.78, 5) is 10.9. The third-order valence-electron chi connectivity index (χ3n) is 1.96. The van der Waals surface area contributed by atoms with Crippen LogP contribution in [-0.2, 0) is 9.53 Å². The van der Waals surface area contributed by atoms with Gasteiger partial charge in [0.25, 0.3) is 0 Å². The van der Waals surface area contributed by atoms with E-state index < -0.39 is 16.4 Å². The Morgan fingerprint density at radius 1 is 1.64 bits per heavy atom. The number of carbonyl (C=O) groups is 1. The number of allylic oxidation sites excluding steroid dienone is 2. The average molecular weight is 261 g/mol. The molecule has 3 nitrogen and oxygen atoms in total. The van der Waals surface area contributed by atoms with Crippen LogP contribution in [0, 0.1) is 5.92 Å². The molecule has 0 spiro atoms. The molecule has 78 valence electrons. The van der Waals surface area contributed by atoms with Crippen LogP contribution in [0.2, 0.25) is 0 Å². The monoisotopic (exact) mass is 260 g/mol. The number of ether oxygens (including phenoxy) is 1. The van der Waals surface area contributed by atoms with Crippen molar-refractivity contribution in [1.29, 1.82) is 0 Å². The summed E-state index contributed by atoms with van der Waals surface area (Å²) in [5.41, 5.74) is 0. The summed E-state index contributed by atoms with van der Waals surface area (Å²) in [5.74, 6) is -1.56. The van der Waals surface area contributed by atoms with Gasteiger partial charge in [0, 0.05) is 6.61 Å². The zero-order chi connectivity index (χ0) is 10.6. The molecule has 1 aliphatic carbocycles. The van der Waals surface area contributed by atoms with Crippen molar-refractivity contribution in [3.8, 4) is 0 Å². The molecular weight excluding hydrogens is 248 g/mol. The predicted molar refractivity (Wildman–Crippen MR) is 57.3 cm³/mol. The molecule has 0 aromatic rings. The zero-order valence-corrected chi connectivity index (χ0v) is 9.53. The van der Waals surface area contributed by atoms with E-state index in [9.17, 15) is 4.79 Å². The van der Waals surface area contributed by atoms with E-state index in [1.807, 2.05) is 6.92 Å². The van der Waals surface area contributed by atoms with Crippen LogP contribution >= 0.6 is 15.9 Å². The quantitative estimate of drug-likeness (QED) is 0.790. The fourth-order valence-electron chi connectivity index (χ4n) is 1.24. The van der Waals surface area contributed by atoms with Gasteiger partial charge in [0.2, 0.25) is 0 Å². The smallest absolute Gasteiger partial charge is 0.314 e. The number of hydrogen-bond donors (Lipinski definition) is 1. The Hall–Kier alpha value is -0.610. The molecule has 0 saturated carbocycles. The lowest BCUT2D eigenvalue weighted by atomic mass is 9.97. The van der Waals surface area contributed by atoms with Crippen molar-refractivity contribution in [3.05, 3.63) is 24.3 Å². The van der Waals surface area contributed by atoms with E-state index in [1.54, 1.807) is 24.3 Å². The molecule has 2 atom stereocenters. The van der Waals surface area contributed by atoms with Gasteiger partial charge in [-0.2, -0.15) is 0 Å². The summed E-state index contributed by atoms with van der Waals surface area (Å²) in [6.45, 7) is 2.52. The second-order valence-corrected chi connectivity index (χ2v) is 4.35. The number of carboxylic acids is 1. The van der Waals surface area contributed by atoms with Crippen molar-refractivity contribution in [1.82, 2.24) is 0 Å². The van der Waals surface area contributed by atoms with Crippen LogP contribution in [0.4, 0.5) is 0 Å². The molecule has 14 heavy (non-hydrogen) atoms. The standard InChI is InChI=1S/C10H13BrO3/c1-2-7-14-10(11)6-4-3-5-8(10)9(12)13/h3-6,8H,2,7H2,1H3,(H,12,13). The summed E-state index contributed by atoms with van der Waals surface area (Å²) in [6.07, 6.45) is 7.70. The largest absolute Gasteiger partial charge is 0.481 e. The predicted octanol–water partition coefficient (Wildman–Crippen LogP) is 2.33. The highest BCUT2D eigenvalue weighted by molar-refractivity contribution is 9.10. The van der Waals surface area contributed by atoms with Gasteiger partial charge < -0.3 is 9.84 Å². The van der Waals surface area contributed by atoms with Crippen molar-refractivity contribution >= 4 is 21.9 Å². The Balaban J connectivity index is 2.77. The molecule has 0 aromatic heterocycles. The molecule has 1 aliphatic rings. The van der Waals surface area contributed by atoms with Gasteiger partial charge in [0.15, 0.2) is 4.51 Å². The molecule has 0 amide bonds. The topological polar surface area (TPSA) is 46.5 Å². The number of carboxylic acid groups (broad SMARTS) is 1. The van der Waals surface area contributed by atoms with Gasteiger partial charge in [0.05, 0.1) is 0 Å². The van der Waals surface area contributed by atoms with Crippen LogP contribution in [0.15, 0.2) is 24.3 Å². The zero-order valence-electron chi connectivity index (χ0n) is 7.94. The maximum atomic E-state index is 10.9. The molecule has 4 heteroatoms. The second kappa shape index (κ2) is 4.75. The van der Waals surface area contributed by atoms with E-state index in [-0.39, 0.29) is 0 Å². The average Bonchev–Trinajstić information content (AvgIpc) is 2.15. The van der Waals surface area contributed by atoms with E-state index in [4.69, 9.17) is 9.84 Å². The van der Waals surface area contributed by atoms with E-state index in [0.29, 0.717) is 6.61 Å². The SMILES string of the molecule is CCCOC1(Br)C=CC=CC1C(=O)O.